The molecule has 2 aromatic rings. The second-order valence-corrected chi connectivity index (χ2v) is 8.86. The van der Waals surface area contributed by atoms with E-state index in [0.717, 1.165) is 23.9 Å². The molecule has 0 saturated carbocycles. The van der Waals surface area contributed by atoms with Crippen molar-refractivity contribution < 1.29 is 32.3 Å². The third kappa shape index (κ3) is 6.67. The highest BCUT2D eigenvalue weighted by Gasteiger charge is 2.33. The topological polar surface area (TPSA) is 75.7 Å². The molecule has 2 amide bonds. The summed E-state index contributed by atoms with van der Waals surface area (Å²) in [6, 6.07) is 11.2. The van der Waals surface area contributed by atoms with E-state index in [0.29, 0.717) is 21.6 Å². The molecule has 0 spiro atoms. The minimum Gasteiger partial charge on any atom is -0.464 e. The molecule has 0 aliphatic carbocycles. The van der Waals surface area contributed by atoms with E-state index < -0.39 is 23.6 Å². The molecule has 0 unspecified atom stereocenters. The molecule has 1 aliphatic heterocycles. The Morgan fingerprint density at radius 2 is 1.88 bits per heavy atom. The van der Waals surface area contributed by atoms with Gasteiger partial charge in [-0.05, 0) is 41.5 Å². The van der Waals surface area contributed by atoms with Crippen molar-refractivity contribution in [1.29, 1.82) is 0 Å². The number of rotatable bonds is 7. The number of alkyl halides is 3. The van der Waals surface area contributed by atoms with Crippen LogP contribution in [-0.4, -0.2) is 40.2 Å². The summed E-state index contributed by atoms with van der Waals surface area (Å²) >= 11 is 6.32. The molecule has 178 valence electrons. The van der Waals surface area contributed by atoms with Crippen LogP contribution in [0.3, 0.4) is 0 Å². The Morgan fingerprint density at radius 3 is 2.53 bits per heavy atom. The highest BCUT2D eigenvalue weighted by atomic mass is 32.2. The van der Waals surface area contributed by atoms with Crippen molar-refractivity contribution in [3.63, 3.8) is 0 Å². The molecule has 0 aromatic heterocycles. The van der Waals surface area contributed by atoms with Gasteiger partial charge in [-0.1, -0.05) is 48.2 Å². The summed E-state index contributed by atoms with van der Waals surface area (Å²) < 4.78 is 43.9. The zero-order valence-electron chi connectivity index (χ0n) is 17.8. The van der Waals surface area contributed by atoms with Crippen molar-refractivity contribution in [2.45, 2.75) is 19.6 Å². The number of nitrogens with zero attached hydrogens (tertiary/aromatic N) is 1. The number of hydrogen-bond acceptors (Lipinski definition) is 6. The quantitative estimate of drug-likeness (QED) is 0.259. The van der Waals surface area contributed by atoms with E-state index in [1.807, 2.05) is 0 Å². The Labute approximate surface area is 203 Å². The Kier molecular flexibility index (Phi) is 8.11. The molecule has 1 aliphatic rings. The third-order valence-corrected chi connectivity index (χ3v) is 6.01. The Hall–Kier alpha value is -3.18. The van der Waals surface area contributed by atoms with Crippen LogP contribution in [0.2, 0.25) is 0 Å². The fourth-order valence-electron chi connectivity index (χ4n) is 3.01. The van der Waals surface area contributed by atoms with Crippen LogP contribution in [0.25, 0.3) is 6.08 Å². The van der Waals surface area contributed by atoms with Gasteiger partial charge < -0.3 is 10.1 Å². The van der Waals surface area contributed by atoms with Crippen LogP contribution in [-0.2, 0) is 27.0 Å². The first-order valence-electron chi connectivity index (χ1n) is 9.98. The number of thiocarbonyl (C=S) groups is 1. The van der Waals surface area contributed by atoms with Gasteiger partial charge in [0, 0.05) is 12.5 Å². The van der Waals surface area contributed by atoms with Crippen molar-refractivity contribution in [3.05, 3.63) is 75.7 Å². The van der Waals surface area contributed by atoms with Gasteiger partial charge in [0.05, 0.1) is 23.6 Å². The molecule has 6 nitrogen and oxygen atoms in total. The fourth-order valence-corrected chi connectivity index (χ4v) is 4.26. The third-order valence-electron chi connectivity index (χ3n) is 4.63. The Balaban J connectivity index is 1.65. The molecule has 11 heteroatoms. The van der Waals surface area contributed by atoms with Crippen molar-refractivity contribution in [2.24, 2.45) is 0 Å². The number of carbonyl (C=O) groups is 3. The molecule has 1 fully saturated rings. The highest BCUT2D eigenvalue weighted by Crippen LogP contribution is 2.35. The van der Waals surface area contributed by atoms with Gasteiger partial charge in [0.15, 0.2) is 0 Å². The molecule has 3 rings (SSSR count). The van der Waals surface area contributed by atoms with E-state index in [4.69, 9.17) is 17.0 Å². The van der Waals surface area contributed by atoms with E-state index in [1.165, 1.54) is 24.0 Å². The maximum absolute atomic E-state index is 13.0. The van der Waals surface area contributed by atoms with Crippen molar-refractivity contribution in [1.82, 2.24) is 10.2 Å². The van der Waals surface area contributed by atoms with Crippen LogP contribution in [0.1, 0.15) is 34.0 Å². The van der Waals surface area contributed by atoms with Gasteiger partial charge in [-0.3, -0.25) is 19.3 Å². The smallest absolute Gasteiger partial charge is 0.416 e. The van der Waals surface area contributed by atoms with E-state index in [1.54, 1.807) is 30.3 Å². The SMILES string of the molecule is CC(=O)OCCNC(=O)c1ccc(/C=C2\SC(=S)N(Cc3cccc(C(F)(F)F)c3)C2=O)cc1. The number of nitrogens with one attached hydrogen (secondary N) is 1. The summed E-state index contributed by atoms with van der Waals surface area (Å²) in [5.41, 5.74) is 0.561. The predicted octanol–water partition coefficient (Wildman–Crippen LogP) is 4.40. The molecule has 34 heavy (non-hydrogen) atoms. The largest absolute Gasteiger partial charge is 0.464 e. The fraction of sp³-hybridized carbons (Fsp3) is 0.217. The van der Waals surface area contributed by atoms with Gasteiger partial charge in [-0.2, -0.15) is 13.2 Å². The zero-order chi connectivity index (χ0) is 24.9. The standard InChI is InChI=1S/C23H19F3N2O4S2/c1-14(29)32-10-9-27-20(30)17-7-5-15(6-8-17)12-19-21(31)28(22(33)34-19)13-16-3-2-4-18(11-16)23(24,25)26/h2-8,11-12H,9-10,13H2,1H3,(H,27,30)/b19-12-. The van der Waals surface area contributed by atoms with Crippen LogP contribution in [0.4, 0.5) is 13.2 Å². The number of thioether (sulfide) groups is 1. The van der Waals surface area contributed by atoms with Crippen molar-refractivity contribution >= 4 is 52.2 Å². The first-order valence-corrected chi connectivity index (χ1v) is 11.2. The lowest BCUT2D eigenvalue weighted by molar-refractivity contribution is -0.141. The molecular formula is C23H19F3N2O4S2. The molecular weight excluding hydrogens is 489 g/mol. The summed E-state index contributed by atoms with van der Waals surface area (Å²) in [5, 5.41) is 2.62. The van der Waals surface area contributed by atoms with Crippen LogP contribution >= 0.6 is 24.0 Å². The van der Waals surface area contributed by atoms with E-state index in [-0.39, 0.29) is 29.9 Å². The minimum absolute atomic E-state index is 0.0709. The lowest BCUT2D eigenvalue weighted by Crippen LogP contribution is -2.27. The van der Waals surface area contributed by atoms with Gasteiger partial charge in [0.25, 0.3) is 11.8 Å². The second kappa shape index (κ2) is 10.8. The van der Waals surface area contributed by atoms with Gasteiger partial charge in [-0.15, -0.1) is 0 Å². The molecule has 1 N–H and O–H groups in total. The number of carbonyl (C=O) groups excluding carboxylic acids is 3. The number of esters is 1. The summed E-state index contributed by atoms with van der Waals surface area (Å²) in [6.07, 6.45) is -2.87. The maximum Gasteiger partial charge on any atom is 0.416 e. The maximum atomic E-state index is 13.0. The van der Waals surface area contributed by atoms with E-state index in [9.17, 15) is 27.6 Å². The molecule has 0 radical (unpaired) electrons. The summed E-state index contributed by atoms with van der Waals surface area (Å²) in [6.45, 7) is 1.45. The van der Waals surface area contributed by atoms with E-state index >= 15 is 0 Å². The van der Waals surface area contributed by atoms with Crippen LogP contribution in [0.15, 0.2) is 53.4 Å². The molecule has 2 aromatic carbocycles. The van der Waals surface area contributed by atoms with E-state index in [2.05, 4.69) is 5.32 Å². The van der Waals surface area contributed by atoms with Gasteiger partial charge in [0.1, 0.15) is 10.9 Å². The van der Waals surface area contributed by atoms with Crippen molar-refractivity contribution in [2.75, 3.05) is 13.2 Å². The van der Waals surface area contributed by atoms with Gasteiger partial charge in [0.2, 0.25) is 0 Å². The van der Waals surface area contributed by atoms with Crippen LogP contribution in [0.5, 0.6) is 0 Å². The average molecular weight is 509 g/mol. The number of hydrogen-bond donors (Lipinski definition) is 1. The minimum atomic E-state index is -4.48. The Bertz CT molecular complexity index is 1150. The summed E-state index contributed by atoms with van der Waals surface area (Å²) in [7, 11) is 0. The van der Waals surface area contributed by atoms with Crippen molar-refractivity contribution in [3.8, 4) is 0 Å². The molecule has 1 heterocycles. The average Bonchev–Trinajstić information content (AvgIpc) is 3.04. The first kappa shape index (κ1) is 25.4. The van der Waals surface area contributed by atoms with Crippen LogP contribution < -0.4 is 5.32 Å². The lowest BCUT2D eigenvalue weighted by Gasteiger charge is -2.15. The molecule has 0 atom stereocenters. The lowest BCUT2D eigenvalue weighted by atomic mass is 10.1. The highest BCUT2D eigenvalue weighted by molar-refractivity contribution is 8.26. The molecule has 1 saturated heterocycles. The number of ether oxygens (including phenoxy) is 1. The normalized spacial score (nSPS) is 15.1. The first-order chi connectivity index (χ1) is 16.0. The second-order valence-electron chi connectivity index (χ2n) is 7.18. The number of halogens is 3. The monoisotopic (exact) mass is 508 g/mol. The molecule has 0 bridgehead atoms. The number of amides is 2. The zero-order valence-corrected chi connectivity index (χ0v) is 19.5. The summed E-state index contributed by atoms with van der Waals surface area (Å²) in [5.74, 6) is -1.18. The predicted molar refractivity (Wildman–Crippen MR) is 126 cm³/mol. The van der Waals surface area contributed by atoms with Crippen LogP contribution in [0, 0.1) is 0 Å². The Morgan fingerprint density at radius 1 is 1.18 bits per heavy atom. The summed E-state index contributed by atoms with van der Waals surface area (Å²) in [4.78, 5) is 37.2. The number of benzene rings is 2. The van der Waals surface area contributed by atoms with Gasteiger partial charge >= 0.3 is 12.1 Å². The van der Waals surface area contributed by atoms with Gasteiger partial charge in [-0.25, -0.2) is 0 Å².